The first-order valence-electron chi connectivity index (χ1n) is 8.32. The van der Waals surface area contributed by atoms with Gasteiger partial charge in [0.1, 0.15) is 10.1 Å². The average Bonchev–Trinajstić information content (AvgIpc) is 2.84. The fourth-order valence-electron chi connectivity index (χ4n) is 2.31. The number of thioether (sulfide) groups is 1. The van der Waals surface area contributed by atoms with Crippen molar-refractivity contribution in [3.05, 3.63) is 33.1 Å². The van der Waals surface area contributed by atoms with Crippen molar-refractivity contribution in [2.45, 2.75) is 32.6 Å². The third kappa shape index (κ3) is 5.82. The van der Waals surface area contributed by atoms with Gasteiger partial charge >= 0.3 is 5.97 Å². The number of carbonyl (C=O) groups is 2. The molecule has 1 aromatic carbocycles. The number of hydrogen-bond donors (Lipinski definition) is 1. The van der Waals surface area contributed by atoms with Crippen LogP contribution in [0.25, 0.3) is 6.08 Å². The molecule has 0 bridgehead atoms. The molecule has 0 unspecified atom stereocenters. The maximum absolute atomic E-state index is 12.6. The molecule has 1 aliphatic rings. The van der Waals surface area contributed by atoms with Crippen LogP contribution in [0.3, 0.4) is 0 Å². The molecule has 0 spiro atoms. The van der Waals surface area contributed by atoms with Gasteiger partial charge in [0.2, 0.25) is 0 Å². The summed E-state index contributed by atoms with van der Waals surface area (Å²) in [5, 5.41) is 8.74. The van der Waals surface area contributed by atoms with Crippen molar-refractivity contribution in [2.75, 3.05) is 13.2 Å². The number of nitrogens with zero attached hydrogens (tertiary/aromatic N) is 1. The average molecular weight is 458 g/mol. The highest BCUT2D eigenvalue weighted by molar-refractivity contribution is 9.10. The number of thiocarbonyl (C=S) groups is 1. The summed E-state index contributed by atoms with van der Waals surface area (Å²) in [5.41, 5.74) is 0.807. The van der Waals surface area contributed by atoms with Gasteiger partial charge in [-0.1, -0.05) is 53.3 Å². The number of benzene rings is 1. The van der Waals surface area contributed by atoms with Crippen LogP contribution in [0.5, 0.6) is 5.75 Å². The number of unbranched alkanes of at least 4 members (excludes halogenated alkanes) is 1. The highest BCUT2D eigenvalue weighted by Gasteiger charge is 2.31. The molecular formula is C18H20BrNO4S2. The van der Waals surface area contributed by atoms with Crippen LogP contribution >= 0.6 is 39.9 Å². The van der Waals surface area contributed by atoms with E-state index in [0.717, 1.165) is 28.6 Å². The molecule has 140 valence electrons. The Morgan fingerprint density at radius 3 is 2.88 bits per heavy atom. The molecule has 0 atom stereocenters. The maximum atomic E-state index is 12.6. The summed E-state index contributed by atoms with van der Waals surface area (Å²) in [6.45, 7) is 3.03. The lowest BCUT2D eigenvalue weighted by Crippen LogP contribution is -2.29. The van der Waals surface area contributed by atoms with E-state index in [1.165, 1.54) is 16.7 Å². The quantitative estimate of drug-likeness (QED) is 0.329. The predicted octanol–water partition coefficient (Wildman–Crippen LogP) is 4.69. The van der Waals surface area contributed by atoms with Crippen molar-refractivity contribution in [1.29, 1.82) is 0 Å². The lowest BCUT2D eigenvalue weighted by molar-refractivity contribution is -0.137. The first-order valence-corrected chi connectivity index (χ1v) is 10.3. The lowest BCUT2D eigenvalue weighted by atomic mass is 10.2. The van der Waals surface area contributed by atoms with Crippen molar-refractivity contribution in [2.24, 2.45) is 0 Å². The molecule has 0 aromatic heterocycles. The van der Waals surface area contributed by atoms with E-state index in [0.29, 0.717) is 28.8 Å². The van der Waals surface area contributed by atoms with Crippen LogP contribution in [0, 0.1) is 0 Å². The van der Waals surface area contributed by atoms with E-state index in [1.807, 2.05) is 18.2 Å². The van der Waals surface area contributed by atoms with Crippen LogP contribution in [-0.4, -0.2) is 39.4 Å². The molecule has 1 fully saturated rings. The topological polar surface area (TPSA) is 66.8 Å². The van der Waals surface area contributed by atoms with E-state index in [9.17, 15) is 9.59 Å². The van der Waals surface area contributed by atoms with E-state index in [4.69, 9.17) is 22.1 Å². The van der Waals surface area contributed by atoms with Gasteiger partial charge in [-0.15, -0.1) is 0 Å². The number of carboxylic acids is 1. The molecule has 2 rings (SSSR count). The zero-order valence-corrected chi connectivity index (χ0v) is 17.6. The third-order valence-electron chi connectivity index (χ3n) is 3.66. The first kappa shape index (κ1) is 20.9. The molecule has 1 heterocycles. The number of carboxylic acid groups (broad SMARTS) is 1. The minimum absolute atomic E-state index is 0.0111. The van der Waals surface area contributed by atoms with Crippen LogP contribution < -0.4 is 4.74 Å². The Morgan fingerprint density at radius 1 is 1.42 bits per heavy atom. The van der Waals surface area contributed by atoms with Crippen LogP contribution in [0.4, 0.5) is 0 Å². The zero-order valence-electron chi connectivity index (χ0n) is 14.4. The molecular weight excluding hydrogens is 438 g/mol. The molecule has 5 nitrogen and oxygen atoms in total. The van der Waals surface area contributed by atoms with Gasteiger partial charge in [0.25, 0.3) is 5.91 Å². The van der Waals surface area contributed by atoms with Gasteiger partial charge in [0, 0.05) is 23.0 Å². The van der Waals surface area contributed by atoms with Gasteiger partial charge in [-0.25, -0.2) is 0 Å². The number of carbonyl (C=O) groups excluding carboxylic acids is 1. The van der Waals surface area contributed by atoms with Crippen LogP contribution in [-0.2, 0) is 9.59 Å². The van der Waals surface area contributed by atoms with Gasteiger partial charge in [-0.3, -0.25) is 14.5 Å². The monoisotopic (exact) mass is 457 g/mol. The zero-order chi connectivity index (χ0) is 19.1. The molecule has 0 radical (unpaired) electrons. The number of ether oxygens (including phenoxy) is 1. The fraction of sp³-hybridized carbons (Fsp3) is 0.389. The highest BCUT2D eigenvalue weighted by atomic mass is 79.9. The Labute approximate surface area is 170 Å². The van der Waals surface area contributed by atoms with Gasteiger partial charge < -0.3 is 9.84 Å². The van der Waals surface area contributed by atoms with Gasteiger partial charge in [-0.2, -0.15) is 0 Å². The number of rotatable bonds is 9. The molecule has 1 amide bonds. The second-order valence-corrected chi connectivity index (χ2v) is 8.31. The SMILES string of the molecule is CCCCOc1ccc(Br)cc1/C=C1/SC(=S)N(CCCC(=O)O)C1=O. The predicted molar refractivity (Wildman–Crippen MR) is 111 cm³/mol. The summed E-state index contributed by atoms with van der Waals surface area (Å²) >= 11 is 9.95. The van der Waals surface area contributed by atoms with Gasteiger partial charge in [0.05, 0.1) is 11.5 Å². The Morgan fingerprint density at radius 2 is 2.19 bits per heavy atom. The van der Waals surface area contributed by atoms with Crippen molar-refractivity contribution in [1.82, 2.24) is 4.90 Å². The summed E-state index contributed by atoms with van der Waals surface area (Å²) in [7, 11) is 0. The molecule has 1 saturated heterocycles. The van der Waals surface area contributed by atoms with Crippen LogP contribution in [0.15, 0.2) is 27.6 Å². The molecule has 8 heteroatoms. The second kappa shape index (κ2) is 10.1. The molecule has 1 aromatic rings. The second-order valence-electron chi connectivity index (χ2n) is 5.71. The number of aliphatic carboxylic acids is 1. The van der Waals surface area contributed by atoms with E-state index < -0.39 is 5.97 Å². The Kier molecular flexibility index (Phi) is 8.12. The number of halogens is 1. The van der Waals surface area contributed by atoms with Crippen molar-refractivity contribution < 1.29 is 19.4 Å². The lowest BCUT2D eigenvalue weighted by Gasteiger charge is -2.13. The largest absolute Gasteiger partial charge is 0.493 e. The summed E-state index contributed by atoms with van der Waals surface area (Å²) in [6.07, 6.45) is 4.17. The van der Waals surface area contributed by atoms with Crippen LogP contribution in [0.2, 0.25) is 0 Å². The Balaban J connectivity index is 2.16. The highest BCUT2D eigenvalue weighted by Crippen LogP contribution is 2.35. The standard InChI is InChI=1S/C18H20BrNO4S2/c1-2-3-9-24-14-7-6-13(19)10-12(14)11-15-17(23)20(18(25)26-15)8-4-5-16(21)22/h6-7,10-11H,2-5,8-9H2,1H3,(H,21,22)/b15-11+. The molecule has 0 saturated carbocycles. The van der Waals surface area contributed by atoms with E-state index >= 15 is 0 Å². The molecule has 1 aliphatic heterocycles. The normalized spacial score (nSPS) is 15.8. The van der Waals surface area contributed by atoms with Crippen molar-refractivity contribution >= 4 is 62.2 Å². The summed E-state index contributed by atoms with van der Waals surface area (Å²) in [4.78, 5) is 25.2. The summed E-state index contributed by atoms with van der Waals surface area (Å²) < 4.78 is 7.17. The fourth-order valence-corrected chi connectivity index (χ4v) is 3.99. The van der Waals surface area contributed by atoms with Crippen molar-refractivity contribution in [3.8, 4) is 5.75 Å². The van der Waals surface area contributed by atoms with Gasteiger partial charge in [-0.05, 0) is 37.1 Å². The maximum Gasteiger partial charge on any atom is 0.303 e. The van der Waals surface area contributed by atoms with E-state index in [2.05, 4.69) is 22.9 Å². The summed E-state index contributed by atoms with van der Waals surface area (Å²) in [6, 6.07) is 5.67. The van der Waals surface area contributed by atoms with Crippen molar-refractivity contribution in [3.63, 3.8) is 0 Å². The smallest absolute Gasteiger partial charge is 0.303 e. The van der Waals surface area contributed by atoms with Gasteiger partial charge in [0.15, 0.2) is 0 Å². The first-order chi connectivity index (χ1) is 12.4. The Bertz CT molecular complexity index is 736. The minimum Gasteiger partial charge on any atom is -0.493 e. The minimum atomic E-state index is -0.881. The molecule has 0 aliphatic carbocycles. The molecule has 26 heavy (non-hydrogen) atoms. The number of hydrogen-bond acceptors (Lipinski definition) is 5. The molecule has 1 N–H and O–H groups in total. The number of amides is 1. The Hall–Kier alpha value is -1.38. The van der Waals surface area contributed by atoms with Crippen LogP contribution in [0.1, 0.15) is 38.2 Å². The van der Waals surface area contributed by atoms with E-state index in [1.54, 1.807) is 6.08 Å². The summed E-state index contributed by atoms with van der Waals surface area (Å²) in [5.74, 6) is -0.350. The van der Waals surface area contributed by atoms with E-state index in [-0.39, 0.29) is 12.3 Å². The third-order valence-corrected chi connectivity index (χ3v) is 5.53.